The lowest BCUT2D eigenvalue weighted by Crippen LogP contribution is -2.18. The second-order valence-corrected chi connectivity index (χ2v) is 6.60. The Balaban J connectivity index is 1.82. The van der Waals surface area contributed by atoms with Gasteiger partial charge in [0.05, 0.1) is 22.9 Å². The minimum absolute atomic E-state index is 0.0438. The summed E-state index contributed by atoms with van der Waals surface area (Å²) in [6.45, 7) is 3.86. The number of anilines is 3. The maximum Gasteiger partial charge on any atom is 0.227 e. The van der Waals surface area contributed by atoms with E-state index in [1.165, 1.54) is 11.3 Å². The summed E-state index contributed by atoms with van der Waals surface area (Å²) in [4.78, 5) is 14.2. The van der Waals surface area contributed by atoms with Crippen LogP contribution in [0.1, 0.15) is 12.6 Å². The maximum atomic E-state index is 9.34. The van der Waals surface area contributed by atoms with Crippen molar-refractivity contribution in [1.29, 1.82) is 0 Å². The Morgan fingerprint density at radius 3 is 2.64 bits per heavy atom. The summed E-state index contributed by atoms with van der Waals surface area (Å²) in [5.41, 5.74) is 2.43. The molecule has 2 heterocycles. The Labute approximate surface area is 149 Å². The van der Waals surface area contributed by atoms with E-state index in [0.717, 1.165) is 27.1 Å². The number of aryl methyl sites for hydroxylation is 1. The van der Waals surface area contributed by atoms with Crippen molar-refractivity contribution in [1.82, 2.24) is 15.0 Å². The van der Waals surface area contributed by atoms with E-state index in [2.05, 4.69) is 25.6 Å². The molecule has 0 amide bonds. The van der Waals surface area contributed by atoms with Crippen LogP contribution in [0.2, 0.25) is 0 Å². The number of thiazole rings is 1. The van der Waals surface area contributed by atoms with E-state index in [1.54, 1.807) is 30.5 Å². The molecule has 4 N–H and O–H groups in total. The number of aromatic nitrogens is 3. The van der Waals surface area contributed by atoms with Crippen molar-refractivity contribution < 1.29 is 10.2 Å². The third kappa shape index (κ3) is 4.23. The third-order valence-corrected chi connectivity index (χ3v) is 4.56. The number of nitrogens with zero attached hydrogens (tertiary/aromatic N) is 3. The first kappa shape index (κ1) is 17.1. The standard InChI is InChI=1S/C17H19N5O2S/c1-10(9-23)19-17-20-11(2)15(25-17)14-7-8-18-16(22-14)21-12-3-5-13(24)6-4-12/h3-8,10,23-24H,9H2,1-2H3,(H,19,20)(H,18,21,22). The molecule has 2 aromatic heterocycles. The first-order chi connectivity index (χ1) is 12.0. The lowest BCUT2D eigenvalue weighted by molar-refractivity contribution is 0.281. The molecule has 0 radical (unpaired) electrons. The zero-order valence-corrected chi connectivity index (χ0v) is 14.7. The predicted octanol–water partition coefficient (Wildman–Crippen LogP) is 3.15. The molecule has 1 aromatic carbocycles. The molecule has 8 heteroatoms. The van der Waals surface area contributed by atoms with Crippen LogP contribution in [0.3, 0.4) is 0 Å². The van der Waals surface area contributed by atoms with Crippen LogP contribution in [0.15, 0.2) is 36.5 Å². The number of benzene rings is 1. The molecule has 0 spiro atoms. The van der Waals surface area contributed by atoms with Crippen LogP contribution in [0.5, 0.6) is 5.75 Å². The number of hydrogen-bond donors (Lipinski definition) is 4. The molecule has 1 unspecified atom stereocenters. The van der Waals surface area contributed by atoms with E-state index >= 15 is 0 Å². The maximum absolute atomic E-state index is 9.34. The molecule has 0 aliphatic carbocycles. The summed E-state index contributed by atoms with van der Waals surface area (Å²) in [6.07, 6.45) is 1.69. The number of aliphatic hydroxyl groups is 1. The van der Waals surface area contributed by atoms with E-state index in [0.29, 0.717) is 5.95 Å². The number of nitrogens with one attached hydrogen (secondary N) is 2. The minimum atomic E-state index is -0.0597. The molecule has 0 saturated heterocycles. The number of phenols is 1. The molecule has 3 rings (SSSR count). The van der Waals surface area contributed by atoms with E-state index in [4.69, 9.17) is 5.11 Å². The topological polar surface area (TPSA) is 103 Å². The fraction of sp³-hybridized carbons (Fsp3) is 0.235. The summed E-state index contributed by atoms with van der Waals surface area (Å²) in [7, 11) is 0. The van der Waals surface area contributed by atoms with Gasteiger partial charge in [-0.1, -0.05) is 11.3 Å². The van der Waals surface area contributed by atoms with E-state index in [-0.39, 0.29) is 18.4 Å². The van der Waals surface area contributed by atoms with Crippen LogP contribution >= 0.6 is 11.3 Å². The Morgan fingerprint density at radius 1 is 1.16 bits per heavy atom. The van der Waals surface area contributed by atoms with Crippen LogP contribution in [0, 0.1) is 6.92 Å². The minimum Gasteiger partial charge on any atom is -0.508 e. The van der Waals surface area contributed by atoms with Crippen LogP contribution < -0.4 is 10.6 Å². The van der Waals surface area contributed by atoms with E-state index in [9.17, 15) is 5.11 Å². The van der Waals surface area contributed by atoms with Crippen molar-refractivity contribution in [3.63, 3.8) is 0 Å². The fourth-order valence-corrected chi connectivity index (χ4v) is 3.22. The molecule has 1 atom stereocenters. The number of aromatic hydroxyl groups is 1. The van der Waals surface area contributed by atoms with E-state index in [1.807, 2.05) is 19.9 Å². The molecular formula is C17H19N5O2S. The van der Waals surface area contributed by atoms with Crippen molar-refractivity contribution >= 4 is 28.1 Å². The van der Waals surface area contributed by atoms with Gasteiger partial charge in [0, 0.05) is 17.9 Å². The summed E-state index contributed by atoms with van der Waals surface area (Å²) < 4.78 is 0. The molecule has 0 aliphatic heterocycles. The van der Waals surface area contributed by atoms with Gasteiger partial charge in [-0.2, -0.15) is 0 Å². The molecule has 25 heavy (non-hydrogen) atoms. The van der Waals surface area contributed by atoms with E-state index < -0.39 is 0 Å². The number of phenolic OH excluding ortho intramolecular Hbond substituents is 1. The summed E-state index contributed by atoms with van der Waals surface area (Å²) in [5, 5.41) is 25.5. The average Bonchev–Trinajstić information content (AvgIpc) is 2.97. The van der Waals surface area contributed by atoms with Crippen molar-refractivity contribution in [2.24, 2.45) is 0 Å². The first-order valence-corrected chi connectivity index (χ1v) is 8.61. The first-order valence-electron chi connectivity index (χ1n) is 7.79. The molecule has 130 valence electrons. The van der Waals surface area contributed by atoms with Gasteiger partial charge in [0.1, 0.15) is 5.75 Å². The van der Waals surface area contributed by atoms with Gasteiger partial charge in [0.2, 0.25) is 5.95 Å². The van der Waals surface area contributed by atoms with Gasteiger partial charge in [-0.25, -0.2) is 15.0 Å². The second kappa shape index (κ2) is 7.45. The Bertz CT molecular complexity index is 850. The normalized spacial score (nSPS) is 12.0. The van der Waals surface area contributed by atoms with Crippen LogP contribution in [-0.2, 0) is 0 Å². The lowest BCUT2D eigenvalue weighted by Gasteiger charge is -2.08. The number of hydrogen-bond acceptors (Lipinski definition) is 8. The van der Waals surface area contributed by atoms with Crippen molar-refractivity contribution in [2.45, 2.75) is 19.9 Å². The molecular weight excluding hydrogens is 338 g/mol. The molecule has 0 fully saturated rings. The molecule has 0 aliphatic rings. The highest BCUT2D eigenvalue weighted by Crippen LogP contribution is 2.32. The van der Waals surface area contributed by atoms with Crippen LogP contribution in [-0.4, -0.2) is 37.8 Å². The highest BCUT2D eigenvalue weighted by molar-refractivity contribution is 7.19. The van der Waals surface area contributed by atoms with Crippen molar-refractivity contribution in [3.05, 3.63) is 42.2 Å². The largest absolute Gasteiger partial charge is 0.508 e. The Kier molecular flexibility index (Phi) is 5.11. The Hall–Kier alpha value is -2.71. The number of rotatable bonds is 6. The highest BCUT2D eigenvalue weighted by atomic mass is 32.1. The molecule has 0 saturated carbocycles. The van der Waals surface area contributed by atoms with Gasteiger partial charge < -0.3 is 20.8 Å². The molecule has 0 bridgehead atoms. The van der Waals surface area contributed by atoms with Gasteiger partial charge in [-0.15, -0.1) is 0 Å². The zero-order valence-electron chi connectivity index (χ0n) is 13.9. The third-order valence-electron chi connectivity index (χ3n) is 3.45. The van der Waals surface area contributed by atoms with Gasteiger partial charge in [-0.05, 0) is 44.2 Å². The monoisotopic (exact) mass is 357 g/mol. The quantitative estimate of drug-likeness (QED) is 0.503. The van der Waals surface area contributed by atoms with Gasteiger partial charge in [-0.3, -0.25) is 0 Å². The zero-order chi connectivity index (χ0) is 17.8. The SMILES string of the molecule is Cc1nc(NC(C)CO)sc1-c1ccnc(Nc2ccc(O)cc2)n1. The van der Waals surface area contributed by atoms with Crippen LogP contribution in [0.25, 0.3) is 10.6 Å². The summed E-state index contributed by atoms with van der Waals surface area (Å²) in [6, 6.07) is 8.47. The summed E-state index contributed by atoms with van der Waals surface area (Å²) >= 11 is 1.49. The van der Waals surface area contributed by atoms with Crippen LogP contribution in [0.4, 0.5) is 16.8 Å². The highest BCUT2D eigenvalue weighted by Gasteiger charge is 2.13. The number of aliphatic hydroxyl groups excluding tert-OH is 1. The van der Waals surface area contributed by atoms with Crippen molar-refractivity contribution in [2.75, 3.05) is 17.2 Å². The van der Waals surface area contributed by atoms with Gasteiger partial charge in [0.25, 0.3) is 0 Å². The average molecular weight is 357 g/mol. The second-order valence-electron chi connectivity index (χ2n) is 5.60. The smallest absolute Gasteiger partial charge is 0.227 e. The lowest BCUT2D eigenvalue weighted by atomic mass is 10.3. The van der Waals surface area contributed by atoms with Gasteiger partial charge in [0.15, 0.2) is 5.13 Å². The fourth-order valence-electron chi connectivity index (χ4n) is 2.17. The summed E-state index contributed by atoms with van der Waals surface area (Å²) in [5.74, 6) is 0.673. The molecule has 7 nitrogen and oxygen atoms in total. The molecule has 3 aromatic rings. The predicted molar refractivity (Wildman–Crippen MR) is 99.4 cm³/mol. The van der Waals surface area contributed by atoms with Gasteiger partial charge >= 0.3 is 0 Å². The Morgan fingerprint density at radius 2 is 1.92 bits per heavy atom. The van der Waals surface area contributed by atoms with Crippen molar-refractivity contribution in [3.8, 4) is 16.3 Å².